The van der Waals surface area contributed by atoms with E-state index in [9.17, 15) is 27.6 Å². The highest BCUT2D eigenvalue weighted by Crippen LogP contribution is 2.17. The molecule has 0 aliphatic carbocycles. The molecule has 6 aliphatic rings. The monoisotopic (exact) mass is 779 g/mol. The van der Waals surface area contributed by atoms with Crippen LogP contribution in [0.15, 0.2) is 108 Å². The summed E-state index contributed by atoms with van der Waals surface area (Å²) in [6.07, 6.45) is -0.0203. The van der Waals surface area contributed by atoms with Crippen LogP contribution < -0.4 is 31.7 Å². The third-order valence-electron chi connectivity index (χ3n) is 9.59. The number of hydrogen-bond donors (Lipinski definition) is 7. The van der Waals surface area contributed by atoms with Crippen LogP contribution in [-0.2, 0) is 48.6 Å². The Balaban J connectivity index is 1.29. The SMILES string of the molecule is N=C(N)c1ccc(CNC(=O)[C@@H]2Cc3ccc(cc3)NC(=O)CN3CCN(CC3)CC(=O)Nc3ccc(cc3)C[C@@H](NS(=O)(=O)c3ccccc3)C(=O)N2)cc1. The third-order valence-corrected chi connectivity index (χ3v) is 11.1. The lowest BCUT2D eigenvalue weighted by Gasteiger charge is -2.33. The number of amides is 4. The van der Waals surface area contributed by atoms with Crippen molar-refractivity contribution in [3.05, 3.63) is 125 Å². The van der Waals surface area contributed by atoms with E-state index in [2.05, 4.69) is 26.0 Å². The zero-order valence-corrected chi connectivity index (χ0v) is 31.5. The second kappa shape index (κ2) is 18.1. The van der Waals surface area contributed by atoms with Crippen LogP contribution in [0.25, 0.3) is 0 Å². The van der Waals surface area contributed by atoms with Gasteiger partial charge in [0, 0.05) is 56.1 Å². The molecule has 6 heterocycles. The molecule has 10 rings (SSSR count). The van der Waals surface area contributed by atoms with E-state index >= 15 is 0 Å². The number of nitrogen functional groups attached to an aromatic ring is 1. The van der Waals surface area contributed by atoms with E-state index in [1.165, 1.54) is 12.1 Å². The predicted molar refractivity (Wildman–Crippen MR) is 212 cm³/mol. The van der Waals surface area contributed by atoms with Crippen molar-refractivity contribution in [2.45, 2.75) is 36.4 Å². The number of nitrogens with two attached hydrogens (primary N) is 1. The first-order valence-corrected chi connectivity index (χ1v) is 19.7. The van der Waals surface area contributed by atoms with Crippen molar-refractivity contribution >= 4 is 50.9 Å². The van der Waals surface area contributed by atoms with Crippen LogP contribution in [0.1, 0.15) is 22.3 Å². The van der Waals surface area contributed by atoms with Gasteiger partial charge in [-0.05, 0) is 59.5 Å². The second-order valence-electron chi connectivity index (χ2n) is 13.8. The fraction of sp³-hybridized carbons (Fsp3) is 0.275. The van der Waals surface area contributed by atoms with Crippen LogP contribution in [0.5, 0.6) is 0 Å². The average Bonchev–Trinajstić information content (AvgIpc) is 3.18. The molecule has 16 heteroatoms. The number of amidine groups is 1. The number of carbonyl (C=O) groups is 4. The minimum Gasteiger partial charge on any atom is -0.384 e. The zero-order chi connectivity index (χ0) is 39.7. The molecular weight excluding hydrogens is 735 g/mol. The Labute approximate surface area is 325 Å². The number of anilines is 2. The van der Waals surface area contributed by atoms with E-state index in [-0.39, 0.29) is 55.0 Å². The minimum atomic E-state index is -4.18. The van der Waals surface area contributed by atoms with Crippen LogP contribution in [0.3, 0.4) is 0 Å². The summed E-state index contributed by atoms with van der Waals surface area (Å²) in [6, 6.07) is 25.7. The van der Waals surface area contributed by atoms with Gasteiger partial charge in [-0.2, -0.15) is 4.72 Å². The Bertz CT molecular complexity index is 2140. The number of sulfonamides is 1. The van der Waals surface area contributed by atoms with Gasteiger partial charge in [-0.3, -0.25) is 34.4 Å². The first-order chi connectivity index (χ1) is 26.9. The van der Waals surface area contributed by atoms with E-state index in [4.69, 9.17) is 11.1 Å². The standard InChI is InChI=1S/C40H45N9O6S/c41-38(42)30-12-6-29(7-13-30)24-43-39(52)34-22-27-8-14-31(15-9-27)44-36(50)25-48-18-20-49(21-19-48)26-37(51)45-32-16-10-28(11-17-32)23-35(40(53)46-34)47-56(54,55)33-4-2-1-3-5-33/h1-17,34-35,47H,18-26H2,(H3,41,42)(H,43,52)(H,44,50)(H,45,51)(H,46,53)/t34-,35+/m0/s1. The molecule has 4 amide bonds. The molecule has 15 nitrogen and oxygen atoms in total. The Morgan fingerprint density at radius 3 is 1.77 bits per heavy atom. The summed E-state index contributed by atoms with van der Waals surface area (Å²) in [5.74, 6) is -1.72. The van der Waals surface area contributed by atoms with Crippen molar-refractivity contribution in [1.82, 2.24) is 25.2 Å². The van der Waals surface area contributed by atoms with Gasteiger partial charge in [-0.25, -0.2) is 8.42 Å². The smallest absolute Gasteiger partial charge is 0.243 e. The Hall–Kier alpha value is -5.94. The van der Waals surface area contributed by atoms with Crippen LogP contribution in [0.2, 0.25) is 0 Å². The first kappa shape index (κ1) is 39.7. The molecule has 0 radical (unpaired) electrons. The van der Waals surface area contributed by atoms with Gasteiger partial charge in [0.25, 0.3) is 0 Å². The molecule has 0 aromatic heterocycles. The van der Waals surface area contributed by atoms with Crippen molar-refractivity contribution in [2.24, 2.45) is 5.73 Å². The van der Waals surface area contributed by atoms with Gasteiger partial charge in [0.2, 0.25) is 33.7 Å². The summed E-state index contributed by atoms with van der Waals surface area (Å²) in [7, 11) is -4.18. The highest BCUT2D eigenvalue weighted by molar-refractivity contribution is 7.89. The average molecular weight is 780 g/mol. The molecule has 0 unspecified atom stereocenters. The molecule has 4 aromatic carbocycles. The van der Waals surface area contributed by atoms with Gasteiger partial charge >= 0.3 is 0 Å². The van der Waals surface area contributed by atoms with Gasteiger partial charge in [0.1, 0.15) is 17.9 Å². The van der Waals surface area contributed by atoms with E-state index in [0.29, 0.717) is 54.2 Å². The molecule has 0 saturated carbocycles. The normalized spacial score (nSPS) is 21.0. The lowest BCUT2D eigenvalue weighted by atomic mass is 10.0. The van der Waals surface area contributed by atoms with E-state index in [0.717, 1.165) is 5.56 Å². The molecule has 292 valence electrons. The van der Waals surface area contributed by atoms with Crippen LogP contribution >= 0.6 is 0 Å². The van der Waals surface area contributed by atoms with Crippen LogP contribution in [0.4, 0.5) is 11.4 Å². The van der Waals surface area contributed by atoms with E-state index in [1.54, 1.807) is 91.0 Å². The van der Waals surface area contributed by atoms with Crippen molar-refractivity contribution in [3.8, 4) is 0 Å². The van der Waals surface area contributed by atoms with Gasteiger partial charge in [-0.15, -0.1) is 0 Å². The number of fused-ring (bicyclic) bond motifs is 1. The summed E-state index contributed by atoms with van der Waals surface area (Å²) in [5.41, 5.74) is 9.22. The number of rotatable bonds is 7. The molecule has 4 aromatic rings. The number of carbonyl (C=O) groups excluding carboxylic acids is 4. The van der Waals surface area contributed by atoms with Crippen LogP contribution in [0, 0.1) is 5.41 Å². The van der Waals surface area contributed by atoms with E-state index in [1.807, 2.05) is 9.80 Å². The maximum Gasteiger partial charge on any atom is 0.243 e. The van der Waals surface area contributed by atoms with E-state index < -0.39 is 33.9 Å². The van der Waals surface area contributed by atoms with Crippen molar-refractivity contribution < 1.29 is 27.6 Å². The van der Waals surface area contributed by atoms with Crippen LogP contribution in [-0.4, -0.2) is 99.0 Å². The fourth-order valence-corrected chi connectivity index (χ4v) is 7.69. The van der Waals surface area contributed by atoms with Crippen molar-refractivity contribution in [3.63, 3.8) is 0 Å². The molecule has 56 heavy (non-hydrogen) atoms. The van der Waals surface area contributed by atoms with Gasteiger partial charge in [0.15, 0.2) is 0 Å². The number of benzene rings is 4. The highest BCUT2D eigenvalue weighted by Gasteiger charge is 2.30. The third kappa shape index (κ3) is 11.1. The summed E-state index contributed by atoms with van der Waals surface area (Å²) < 4.78 is 29.6. The van der Waals surface area contributed by atoms with Gasteiger partial charge in [-0.1, -0.05) is 66.7 Å². The molecule has 2 atom stereocenters. The lowest BCUT2D eigenvalue weighted by Crippen LogP contribution is -2.55. The lowest BCUT2D eigenvalue weighted by molar-refractivity contribution is -0.129. The zero-order valence-electron chi connectivity index (χ0n) is 30.7. The summed E-state index contributed by atoms with van der Waals surface area (Å²) in [4.78, 5) is 57.8. The molecule has 6 aliphatic heterocycles. The predicted octanol–water partition coefficient (Wildman–Crippen LogP) is 1.41. The number of hydrogen-bond acceptors (Lipinski definition) is 9. The first-order valence-electron chi connectivity index (χ1n) is 18.2. The Morgan fingerprint density at radius 1 is 0.732 bits per heavy atom. The number of piperazine rings is 1. The van der Waals surface area contributed by atoms with Gasteiger partial charge in [0.05, 0.1) is 18.0 Å². The molecule has 6 bridgehead atoms. The summed E-state index contributed by atoms with van der Waals surface area (Å²) >= 11 is 0. The summed E-state index contributed by atoms with van der Waals surface area (Å²) in [6.45, 7) is 2.98. The maximum absolute atomic E-state index is 14.2. The number of nitrogens with zero attached hydrogens (tertiary/aromatic N) is 2. The molecular formula is C40H45N9O6S. The van der Waals surface area contributed by atoms with Crippen molar-refractivity contribution in [1.29, 1.82) is 5.41 Å². The Kier molecular flexibility index (Phi) is 12.9. The topological polar surface area (TPSA) is 219 Å². The molecule has 0 spiro atoms. The van der Waals surface area contributed by atoms with Gasteiger partial charge < -0.3 is 27.0 Å². The summed E-state index contributed by atoms with van der Waals surface area (Å²) in [5, 5.41) is 19.1. The van der Waals surface area contributed by atoms with Crippen molar-refractivity contribution in [2.75, 3.05) is 49.9 Å². The molecule has 1 saturated heterocycles. The fourth-order valence-electron chi connectivity index (χ4n) is 6.47. The maximum atomic E-state index is 14.2. The number of nitrogens with one attached hydrogen (secondary N) is 6. The minimum absolute atomic E-state index is 0.0331. The second-order valence-corrected chi connectivity index (χ2v) is 15.5. The quantitative estimate of drug-likeness (QED) is 0.106. The largest absolute Gasteiger partial charge is 0.384 e. The molecule has 8 N–H and O–H groups in total. The Morgan fingerprint density at radius 2 is 1.25 bits per heavy atom. The molecule has 1 fully saturated rings. The highest BCUT2D eigenvalue weighted by atomic mass is 32.2.